The Morgan fingerprint density at radius 3 is 2.56 bits per heavy atom. The molecule has 0 radical (unpaired) electrons. The molecule has 1 aliphatic heterocycles. The zero-order chi connectivity index (χ0) is 23.8. The SMILES string of the molecule is C=COC(=O)[C@H]1[C@H]2[C@@H]1[C@@](NC(=O)C1CCCN1C(=O)OC(C)(C)C)(C(=O)OCC)C[C@@H]2O. The summed E-state index contributed by atoms with van der Waals surface area (Å²) in [6.45, 7) is 10.6. The highest BCUT2D eigenvalue weighted by Crippen LogP contribution is 2.63. The maximum atomic E-state index is 13.3. The summed E-state index contributed by atoms with van der Waals surface area (Å²) in [5, 5.41) is 13.3. The molecule has 3 aliphatic rings. The highest BCUT2D eigenvalue weighted by Gasteiger charge is 2.76. The van der Waals surface area contributed by atoms with Gasteiger partial charge in [-0.2, -0.15) is 0 Å². The van der Waals surface area contributed by atoms with E-state index < -0.39 is 65.0 Å². The van der Waals surface area contributed by atoms with E-state index in [1.54, 1.807) is 27.7 Å². The molecular formula is C22H32N2O8. The number of hydrogen-bond donors (Lipinski definition) is 2. The summed E-state index contributed by atoms with van der Waals surface area (Å²) in [7, 11) is 0. The Labute approximate surface area is 187 Å². The van der Waals surface area contributed by atoms with Gasteiger partial charge in [0.25, 0.3) is 0 Å². The predicted molar refractivity (Wildman–Crippen MR) is 111 cm³/mol. The van der Waals surface area contributed by atoms with Gasteiger partial charge in [0.15, 0.2) is 0 Å². The van der Waals surface area contributed by atoms with Gasteiger partial charge in [0, 0.05) is 24.8 Å². The van der Waals surface area contributed by atoms with Crippen molar-refractivity contribution in [3.05, 3.63) is 12.8 Å². The van der Waals surface area contributed by atoms with E-state index >= 15 is 0 Å². The second kappa shape index (κ2) is 8.73. The number of fused-ring (bicyclic) bond motifs is 1. The summed E-state index contributed by atoms with van der Waals surface area (Å²) in [5.74, 6) is -3.82. The van der Waals surface area contributed by atoms with Crippen LogP contribution in [0.25, 0.3) is 0 Å². The molecule has 0 aromatic rings. The minimum atomic E-state index is -1.58. The van der Waals surface area contributed by atoms with Crippen LogP contribution in [0.4, 0.5) is 4.79 Å². The molecule has 2 saturated carbocycles. The van der Waals surface area contributed by atoms with Gasteiger partial charge >= 0.3 is 18.0 Å². The van der Waals surface area contributed by atoms with Crippen molar-refractivity contribution in [2.45, 2.75) is 70.2 Å². The van der Waals surface area contributed by atoms with Crippen molar-refractivity contribution in [1.82, 2.24) is 10.2 Å². The highest BCUT2D eigenvalue weighted by atomic mass is 16.6. The fourth-order valence-electron chi connectivity index (χ4n) is 5.06. The third-order valence-corrected chi connectivity index (χ3v) is 6.26. The molecule has 0 aromatic heterocycles. The lowest BCUT2D eigenvalue weighted by Gasteiger charge is -2.34. The summed E-state index contributed by atoms with van der Waals surface area (Å²) >= 11 is 0. The van der Waals surface area contributed by atoms with Crippen molar-refractivity contribution in [2.24, 2.45) is 17.8 Å². The third kappa shape index (κ3) is 4.32. The number of carbonyl (C=O) groups excluding carboxylic acids is 4. The zero-order valence-electron chi connectivity index (χ0n) is 19.0. The van der Waals surface area contributed by atoms with E-state index in [4.69, 9.17) is 14.2 Å². The van der Waals surface area contributed by atoms with Crippen molar-refractivity contribution in [2.75, 3.05) is 13.2 Å². The molecule has 3 rings (SSSR count). The molecule has 0 bridgehead atoms. The van der Waals surface area contributed by atoms with E-state index in [-0.39, 0.29) is 13.0 Å². The Morgan fingerprint density at radius 1 is 1.28 bits per heavy atom. The molecule has 0 spiro atoms. The number of ether oxygens (including phenoxy) is 3. The Hall–Kier alpha value is -2.62. The van der Waals surface area contributed by atoms with Crippen LogP contribution in [-0.4, -0.2) is 70.4 Å². The number of likely N-dealkylation sites (tertiary alicyclic amines) is 1. The van der Waals surface area contributed by atoms with Crippen LogP contribution >= 0.6 is 0 Å². The summed E-state index contributed by atoms with van der Waals surface area (Å²) in [4.78, 5) is 52.5. The molecular weight excluding hydrogens is 420 g/mol. The van der Waals surface area contributed by atoms with Gasteiger partial charge in [0.05, 0.1) is 24.9 Å². The monoisotopic (exact) mass is 452 g/mol. The van der Waals surface area contributed by atoms with Crippen molar-refractivity contribution < 1.29 is 38.5 Å². The number of aliphatic hydroxyl groups is 1. The van der Waals surface area contributed by atoms with Gasteiger partial charge in [0.1, 0.15) is 17.2 Å². The number of aliphatic hydroxyl groups excluding tert-OH is 1. The van der Waals surface area contributed by atoms with Crippen LogP contribution in [-0.2, 0) is 28.6 Å². The molecule has 10 nitrogen and oxygen atoms in total. The van der Waals surface area contributed by atoms with Gasteiger partial charge in [-0.25, -0.2) is 9.59 Å². The van der Waals surface area contributed by atoms with E-state index in [2.05, 4.69) is 11.9 Å². The van der Waals surface area contributed by atoms with E-state index in [1.807, 2.05) is 0 Å². The molecule has 1 unspecified atom stereocenters. The lowest BCUT2D eigenvalue weighted by molar-refractivity contribution is -0.156. The molecule has 178 valence electrons. The Kier molecular flexibility index (Phi) is 6.55. The van der Waals surface area contributed by atoms with Gasteiger partial charge < -0.3 is 24.6 Å². The largest absolute Gasteiger partial charge is 0.464 e. The van der Waals surface area contributed by atoms with E-state index in [1.165, 1.54) is 4.90 Å². The average molecular weight is 453 g/mol. The van der Waals surface area contributed by atoms with Crippen LogP contribution in [0.5, 0.6) is 0 Å². The molecule has 6 atom stereocenters. The Balaban J connectivity index is 1.83. The van der Waals surface area contributed by atoms with E-state index in [0.29, 0.717) is 19.4 Å². The van der Waals surface area contributed by atoms with Crippen LogP contribution in [0.2, 0.25) is 0 Å². The number of amides is 2. The minimum Gasteiger partial charge on any atom is -0.464 e. The normalized spacial score (nSPS) is 33.2. The average Bonchev–Trinajstić information content (AvgIpc) is 3.11. The fraction of sp³-hybridized carbons (Fsp3) is 0.727. The van der Waals surface area contributed by atoms with Crippen LogP contribution < -0.4 is 5.32 Å². The molecule has 3 fully saturated rings. The number of carbonyl (C=O) groups is 4. The molecule has 2 aliphatic carbocycles. The van der Waals surface area contributed by atoms with Crippen molar-refractivity contribution in [1.29, 1.82) is 0 Å². The Morgan fingerprint density at radius 2 is 1.97 bits per heavy atom. The van der Waals surface area contributed by atoms with Gasteiger partial charge in [-0.3, -0.25) is 14.5 Å². The maximum Gasteiger partial charge on any atom is 0.410 e. The first kappa shape index (κ1) is 24.0. The molecule has 2 amide bonds. The maximum absolute atomic E-state index is 13.3. The highest BCUT2D eigenvalue weighted by molar-refractivity contribution is 5.95. The lowest BCUT2D eigenvalue weighted by Crippen LogP contribution is -2.61. The first-order valence-corrected chi connectivity index (χ1v) is 10.9. The number of esters is 2. The van der Waals surface area contributed by atoms with Crippen molar-refractivity contribution in [3.63, 3.8) is 0 Å². The van der Waals surface area contributed by atoms with Crippen molar-refractivity contribution >= 4 is 23.9 Å². The molecule has 10 heteroatoms. The van der Waals surface area contributed by atoms with Gasteiger partial charge in [-0.05, 0) is 40.5 Å². The topological polar surface area (TPSA) is 131 Å². The molecule has 1 saturated heterocycles. The molecule has 32 heavy (non-hydrogen) atoms. The first-order chi connectivity index (χ1) is 15.0. The summed E-state index contributed by atoms with van der Waals surface area (Å²) in [6, 6.07) is -0.829. The minimum absolute atomic E-state index is 0.0686. The standard InChI is InChI=1S/C22H32N2O8/c1-6-30-18(27)15-14-13(25)11-22(16(14)15,19(28)31-7-2)23-17(26)12-9-8-10-24(12)20(29)32-21(3,4)5/h6,12-16,25H,1,7-11H2,2-5H3,(H,23,26)/t12?,13-,14-,15-,16-,22+/m0/s1. The smallest absolute Gasteiger partial charge is 0.410 e. The first-order valence-electron chi connectivity index (χ1n) is 10.9. The quantitative estimate of drug-likeness (QED) is 0.348. The second-order valence-corrected chi connectivity index (χ2v) is 9.52. The fourth-order valence-corrected chi connectivity index (χ4v) is 5.06. The van der Waals surface area contributed by atoms with Crippen LogP contribution in [0.1, 0.15) is 47.0 Å². The predicted octanol–water partition coefficient (Wildman–Crippen LogP) is 1.12. The summed E-state index contributed by atoms with van der Waals surface area (Å²) < 4.78 is 15.5. The summed E-state index contributed by atoms with van der Waals surface area (Å²) in [6.07, 6.45) is 0.324. The van der Waals surface area contributed by atoms with Gasteiger partial charge in [-0.1, -0.05) is 6.58 Å². The number of hydrogen-bond acceptors (Lipinski definition) is 8. The molecule has 1 heterocycles. The number of nitrogens with one attached hydrogen (secondary N) is 1. The van der Waals surface area contributed by atoms with Crippen molar-refractivity contribution in [3.8, 4) is 0 Å². The summed E-state index contributed by atoms with van der Waals surface area (Å²) in [5.41, 5.74) is -2.30. The van der Waals surface area contributed by atoms with Gasteiger partial charge in [0.2, 0.25) is 5.91 Å². The molecule has 2 N–H and O–H groups in total. The third-order valence-electron chi connectivity index (χ3n) is 6.26. The van der Waals surface area contributed by atoms with Crippen LogP contribution in [0.3, 0.4) is 0 Å². The van der Waals surface area contributed by atoms with Crippen LogP contribution in [0, 0.1) is 17.8 Å². The van der Waals surface area contributed by atoms with Gasteiger partial charge in [-0.15, -0.1) is 0 Å². The number of rotatable bonds is 6. The second-order valence-electron chi connectivity index (χ2n) is 9.52. The van der Waals surface area contributed by atoms with E-state index in [9.17, 15) is 24.3 Å². The zero-order valence-corrected chi connectivity index (χ0v) is 19.0. The number of nitrogens with zero attached hydrogens (tertiary/aromatic N) is 1. The van der Waals surface area contributed by atoms with E-state index in [0.717, 1.165) is 6.26 Å². The van der Waals surface area contributed by atoms with Crippen LogP contribution in [0.15, 0.2) is 12.8 Å². The lowest BCUT2D eigenvalue weighted by atomic mass is 9.88. The molecule has 0 aromatic carbocycles. The Bertz CT molecular complexity index is 806.